The van der Waals surface area contributed by atoms with Gasteiger partial charge in [0.25, 0.3) is 0 Å². The van der Waals surface area contributed by atoms with E-state index in [9.17, 15) is 0 Å². The first kappa shape index (κ1) is 35.8. The van der Waals surface area contributed by atoms with Crippen molar-refractivity contribution in [2.75, 3.05) is 14.7 Å². The van der Waals surface area contributed by atoms with Gasteiger partial charge < -0.3 is 14.7 Å². The second-order valence-corrected chi connectivity index (χ2v) is 15.1. The summed E-state index contributed by atoms with van der Waals surface area (Å²) in [5.74, 6) is -0.118. The van der Waals surface area contributed by atoms with Crippen molar-refractivity contribution in [1.82, 2.24) is 0 Å². The first-order valence-electron chi connectivity index (χ1n) is 20.3. The molecule has 0 atom stereocenters. The van der Waals surface area contributed by atoms with Crippen LogP contribution in [0, 0.1) is 0 Å². The lowest BCUT2D eigenvalue weighted by atomic mass is 9.70. The van der Waals surface area contributed by atoms with Gasteiger partial charge in [0.1, 0.15) is 0 Å². The maximum Gasteiger partial charge on any atom is 0.0464 e. The van der Waals surface area contributed by atoms with Gasteiger partial charge in [0.15, 0.2) is 0 Å². The van der Waals surface area contributed by atoms with E-state index in [0.717, 1.165) is 56.8 Å². The molecule has 3 aliphatic carbocycles. The smallest absolute Gasteiger partial charge is 0.0464 e. The van der Waals surface area contributed by atoms with Gasteiger partial charge in [0.05, 0.1) is 0 Å². The molecule has 8 aromatic carbocycles. The fourth-order valence-electron chi connectivity index (χ4n) is 8.87. The fraction of sp³-hybridized carbons (Fsp3) is 0.0357. The Morgan fingerprint density at radius 3 is 0.983 bits per heavy atom. The normalized spacial score (nSPS) is 16.6. The van der Waals surface area contributed by atoms with E-state index in [1.165, 1.54) is 22.3 Å². The van der Waals surface area contributed by atoms with Crippen LogP contribution in [0.3, 0.4) is 0 Å². The van der Waals surface area contributed by atoms with Crippen LogP contribution in [-0.4, -0.2) is 0 Å². The maximum atomic E-state index is 4.90. The second-order valence-electron chi connectivity index (χ2n) is 15.1. The molecule has 0 unspecified atom stereocenters. The zero-order valence-electron chi connectivity index (χ0n) is 32.7. The van der Waals surface area contributed by atoms with E-state index in [-0.39, 0.29) is 11.8 Å². The SMILES string of the molecule is C=C1/C=C(N(c2ccccc2)c2ccccc2)\C=C/C2c3cc(N(c4ccccc4)c4ccccc4)ccc3C1c1ccc(N(c3ccccc3)c3ccccc3)cc12. The van der Waals surface area contributed by atoms with Crippen LogP contribution >= 0.6 is 0 Å². The molecule has 2 bridgehead atoms. The summed E-state index contributed by atoms with van der Waals surface area (Å²) in [7, 11) is 0. The largest absolute Gasteiger partial charge is 0.311 e. The summed E-state index contributed by atoms with van der Waals surface area (Å²) >= 11 is 0. The molecule has 11 rings (SSSR count). The lowest BCUT2D eigenvalue weighted by Gasteiger charge is -2.36. The first-order chi connectivity index (χ1) is 29.2. The molecule has 0 aromatic heterocycles. The van der Waals surface area contributed by atoms with Gasteiger partial charge in [-0.15, -0.1) is 0 Å². The lowest BCUT2D eigenvalue weighted by Crippen LogP contribution is -2.20. The predicted octanol–water partition coefficient (Wildman–Crippen LogP) is 15.1. The van der Waals surface area contributed by atoms with E-state index in [0.29, 0.717) is 0 Å². The van der Waals surface area contributed by atoms with Gasteiger partial charge in [0, 0.05) is 63.0 Å². The summed E-state index contributed by atoms with van der Waals surface area (Å²) in [6, 6.07) is 78.1. The van der Waals surface area contributed by atoms with Crippen molar-refractivity contribution >= 4 is 45.5 Å². The van der Waals surface area contributed by atoms with E-state index in [1.807, 2.05) is 0 Å². The minimum Gasteiger partial charge on any atom is -0.311 e. The zero-order chi connectivity index (χ0) is 39.5. The lowest BCUT2D eigenvalue weighted by molar-refractivity contribution is 0.841. The van der Waals surface area contributed by atoms with Crippen LogP contribution in [0.5, 0.6) is 0 Å². The summed E-state index contributed by atoms with van der Waals surface area (Å²) in [5, 5.41) is 0. The Balaban J connectivity index is 1.19. The van der Waals surface area contributed by atoms with Crippen LogP contribution in [0.25, 0.3) is 0 Å². The van der Waals surface area contributed by atoms with Crippen LogP contribution in [0.4, 0.5) is 45.5 Å². The van der Waals surface area contributed by atoms with Gasteiger partial charge >= 0.3 is 0 Å². The van der Waals surface area contributed by atoms with Crippen molar-refractivity contribution in [3.63, 3.8) is 0 Å². The Labute approximate surface area is 347 Å². The van der Waals surface area contributed by atoms with E-state index < -0.39 is 0 Å². The Morgan fingerprint density at radius 1 is 0.322 bits per heavy atom. The van der Waals surface area contributed by atoms with E-state index >= 15 is 0 Å². The average molecular weight is 758 g/mol. The molecule has 0 aliphatic heterocycles. The Kier molecular flexibility index (Phi) is 9.54. The molecule has 0 saturated carbocycles. The van der Waals surface area contributed by atoms with Crippen LogP contribution in [0.15, 0.2) is 254 Å². The van der Waals surface area contributed by atoms with Crippen molar-refractivity contribution in [1.29, 1.82) is 0 Å². The van der Waals surface area contributed by atoms with Crippen molar-refractivity contribution in [2.45, 2.75) is 11.8 Å². The van der Waals surface area contributed by atoms with Gasteiger partial charge in [-0.25, -0.2) is 0 Å². The van der Waals surface area contributed by atoms with E-state index in [2.05, 4.69) is 251 Å². The molecular formula is C56H43N3. The Morgan fingerprint density at radius 2 is 0.644 bits per heavy atom. The number of hydrogen-bond acceptors (Lipinski definition) is 3. The van der Waals surface area contributed by atoms with Crippen LogP contribution in [-0.2, 0) is 0 Å². The van der Waals surface area contributed by atoms with Crippen LogP contribution < -0.4 is 14.7 Å². The number of anilines is 8. The summed E-state index contributed by atoms with van der Waals surface area (Å²) < 4.78 is 0. The molecule has 0 spiro atoms. The maximum absolute atomic E-state index is 4.90. The van der Waals surface area contributed by atoms with Gasteiger partial charge in [-0.2, -0.15) is 0 Å². The highest BCUT2D eigenvalue weighted by Gasteiger charge is 2.35. The highest BCUT2D eigenvalue weighted by molar-refractivity contribution is 5.81. The number of fused-ring (bicyclic) bond motifs is 2. The monoisotopic (exact) mass is 757 g/mol. The molecule has 0 N–H and O–H groups in total. The number of benzene rings is 8. The number of hydrogen-bond donors (Lipinski definition) is 0. The molecule has 0 saturated heterocycles. The summed E-state index contributed by atoms with van der Waals surface area (Å²) in [6.45, 7) is 4.90. The van der Waals surface area contributed by atoms with Crippen molar-refractivity contribution in [3.05, 3.63) is 277 Å². The van der Waals surface area contributed by atoms with Crippen molar-refractivity contribution < 1.29 is 0 Å². The van der Waals surface area contributed by atoms with E-state index in [1.54, 1.807) is 0 Å². The molecule has 0 heterocycles. The molecule has 59 heavy (non-hydrogen) atoms. The molecule has 0 fully saturated rings. The molecular weight excluding hydrogens is 715 g/mol. The molecule has 8 aromatic rings. The molecule has 0 amide bonds. The Bertz CT molecular complexity index is 2530. The first-order valence-corrected chi connectivity index (χ1v) is 20.3. The molecule has 3 heteroatoms. The quantitative estimate of drug-likeness (QED) is 0.145. The molecule has 3 nitrogen and oxygen atoms in total. The number of para-hydroxylation sites is 6. The zero-order valence-corrected chi connectivity index (χ0v) is 32.7. The summed E-state index contributed by atoms with van der Waals surface area (Å²) in [6.07, 6.45) is 7.02. The fourth-order valence-corrected chi connectivity index (χ4v) is 8.87. The minimum absolute atomic E-state index is 0.0550. The van der Waals surface area contributed by atoms with Gasteiger partial charge in [0.2, 0.25) is 0 Å². The standard InChI is InChI=1S/C56H43N3/c1-41-38-48(57(42-20-8-2-9-21-42)43-22-10-3-11-23-43)32-35-51-54-39-49(58(44-24-12-4-13-25-44)45-26-14-5-15-27-45)33-36-52(54)56(41)53-37-34-50(40-55(51)53)59(46-28-16-6-17-29-46)47-30-18-7-19-31-47/h2-40,51,56H,1H2/b35-32-,48-38+. The second kappa shape index (κ2) is 15.7. The van der Waals surface area contributed by atoms with Crippen molar-refractivity contribution in [2.24, 2.45) is 0 Å². The van der Waals surface area contributed by atoms with E-state index in [4.69, 9.17) is 6.58 Å². The molecule has 0 radical (unpaired) electrons. The predicted molar refractivity (Wildman–Crippen MR) is 247 cm³/mol. The third-order valence-corrected chi connectivity index (χ3v) is 11.5. The van der Waals surface area contributed by atoms with Gasteiger partial charge in [-0.3, -0.25) is 0 Å². The van der Waals surface area contributed by atoms with Gasteiger partial charge in [-0.1, -0.05) is 134 Å². The third kappa shape index (κ3) is 6.83. The molecule has 282 valence electrons. The number of allylic oxidation sites excluding steroid dienone is 4. The highest BCUT2D eigenvalue weighted by atomic mass is 15.2. The summed E-state index contributed by atoms with van der Waals surface area (Å²) in [4.78, 5) is 7.07. The van der Waals surface area contributed by atoms with Crippen LogP contribution in [0.1, 0.15) is 34.1 Å². The summed E-state index contributed by atoms with van der Waals surface area (Å²) in [5.41, 5.74) is 16.1. The molecule has 3 aliphatic rings. The third-order valence-electron chi connectivity index (χ3n) is 11.5. The number of rotatable bonds is 9. The number of nitrogens with zero attached hydrogens (tertiary/aromatic N) is 3. The Hall–Kier alpha value is -7.62. The van der Waals surface area contributed by atoms with Gasteiger partial charge in [-0.05, 0) is 137 Å². The topological polar surface area (TPSA) is 9.72 Å². The van der Waals surface area contributed by atoms with Crippen LogP contribution in [0.2, 0.25) is 0 Å². The van der Waals surface area contributed by atoms with Crippen molar-refractivity contribution in [3.8, 4) is 0 Å². The minimum atomic E-state index is -0.0635. The highest BCUT2D eigenvalue weighted by Crippen LogP contribution is 2.52. The average Bonchev–Trinajstić information content (AvgIpc) is 3.39.